The average Bonchev–Trinajstić information content (AvgIpc) is 2.61. The Morgan fingerprint density at radius 1 is 1.62 bits per heavy atom. The molecule has 0 bridgehead atoms. The number of hydrogen-bond donors (Lipinski definition) is 2. The van der Waals surface area contributed by atoms with Gasteiger partial charge in [0.25, 0.3) is 0 Å². The van der Waals surface area contributed by atoms with E-state index >= 15 is 0 Å². The summed E-state index contributed by atoms with van der Waals surface area (Å²) < 4.78 is 1.88. The third-order valence-corrected chi connectivity index (χ3v) is 3.12. The Balaban J connectivity index is 2.86. The molecule has 0 aliphatic carbocycles. The highest BCUT2D eigenvalue weighted by Gasteiger charge is 2.18. The quantitative estimate of drug-likeness (QED) is 0.716. The van der Waals surface area contributed by atoms with Crippen molar-refractivity contribution in [3.8, 4) is 0 Å². The summed E-state index contributed by atoms with van der Waals surface area (Å²) in [5.41, 5.74) is 5.54. The SMILES string of the molecule is CCCn1c(CN)nnc1SC(C)C(=O)O. The van der Waals surface area contributed by atoms with Crippen LogP contribution in [-0.2, 0) is 17.9 Å². The molecule has 0 saturated carbocycles. The fourth-order valence-electron chi connectivity index (χ4n) is 1.21. The normalized spacial score (nSPS) is 12.7. The van der Waals surface area contributed by atoms with Gasteiger partial charge in [0.15, 0.2) is 5.16 Å². The molecule has 1 unspecified atom stereocenters. The highest BCUT2D eigenvalue weighted by Crippen LogP contribution is 2.22. The van der Waals surface area contributed by atoms with Crippen LogP contribution in [0.1, 0.15) is 26.1 Å². The van der Waals surface area contributed by atoms with Crippen molar-refractivity contribution in [1.29, 1.82) is 0 Å². The van der Waals surface area contributed by atoms with Gasteiger partial charge in [-0.2, -0.15) is 0 Å². The van der Waals surface area contributed by atoms with E-state index in [0.29, 0.717) is 17.5 Å². The summed E-state index contributed by atoms with van der Waals surface area (Å²) in [6.07, 6.45) is 0.931. The number of hydrogen-bond acceptors (Lipinski definition) is 5. The molecule has 1 atom stereocenters. The third kappa shape index (κ3) is 2.96. The lowest BCUT2D eigenvalue weighted by Crippen LogP contribution is -2.14. The molecule has 0 aliphatic heterocycles. The number of nitrogens with two attached hydrogens (primary N) is 1. The van der Waals surface area contributed by atoms with Gasteiger partial charge in [-0.1, -0.05) is 18.7 Å². The van der Waals surface area contributed by atoms with Gasteiger partial charge in [-0.15, -0.1) is 10.2 Å². The number of thioether (sulfide) groups is 1. The van der Waals surface area contributed by atoms with Gasteiger partial charge in [0, 0.05) is 6.54 Å². The van der Waals surface area contributed by atoms with Gasteiger partial charge in [0.2, 0.25) is 0 Å². The summed E-state index contributed by atoms with van der Waals surface area (Å²) in [5.74, 6) is -0.160. The van der Waals surface area contributed by atoms with Crippen molar-refractivity contribution >= 4 is 17.7 Å². The number of carbonyl (C=O) groups is 1. The van der Waals surface area contributed by atoms with Crippen LogP contribution < -0.4 is 5.73 Å². The van der Waals surface area contributed by atoms with Crippen LogP contribution in [0.15, 0.2) is 5.16 Å². The second-order valence-corrected chi connectivity index (χ2v) is 4.66. The minimum absolute atomic E-state index is 0.314. The molecule has 0 aliphatic rings. The first kappa shape index (κ1) is 13.0. The van der Waals surface area contributed by atoms with E-state index in [1.165, 1.54) is 11.8 Å². The maximum absolute atomic E-state index is 10.7. The molecule has 0 saturated heterocycles. The zero-order chi connectivity index (χ0) is 12.1. The maximum atomic E-state index is 10.7. The predicted octanol–water partition coefficient (Wildman–Crippen LogP) is 0.712. The molecule has 1 heterocycles. The number of aliphatic carboxylic acids is 1. The first-order chi connectivity index (χ1) is 7.60. The summed E-state index contributed by atoms with van der Waals surface area (Å²) in [4.78, 5) is 10.7. The smallest absolute Gasteiger partial charge is 0.316 e. The average molecular weight is 244 g/mol. The Hall–Kier alpha value is -1.08. The van der Waals surface area contributed by atoms with Crippen molar-refractivity contribution in [2.75, 3.05) is 0 Å². The molecular weight excluding hydrogens is 228 g/mol. The Morgan fingerprint density at radius 2 is 2.31 bits per heavy atom. The standard InChI is InChI=1S/C9H16N4O2S/c1-3-4-13-7(5-10)11-12-9(13)16-6(2)8(14)15/h6H,3-5,10H2,1-2H3,(H,14,15). The Morgan fingerprint density at radius 3 is 2.81 bits per heavy atom. The molecule has 0 radical (unpaired) electrons. The van der Waals surface area contributed by atoms with Crippen molar-refractivity contribution in [2.24, 2.45) is 5.73 Å². The molecule has 16 heavy (non-hydrogen) atoms. The molecule has 1 aromatic heterocycles. The van der Waals surface area contributed by atoms with Crippen molar-refractivity contribution in [2.45, 2.75) is 43.8 Å². The van der Waals surface area contributed by atoms with Gasteiger partial charge in [0.05, 0.1) is 6.54 Å². The zero-order valence-electron chi connectivity index (χ0n) is 9.38. The molecule has 1 rings (SSSR count). The number of aromatic nitrogens is 3. The highest BCUT2D eigenvalue weighted by molar-refractivity contribution is 8.00. The summed E-state index contributed by atoms with van der Waals surface area (Å²) in [5, 5.41) is 16.8. The van der Waals surface area contributed by atoms with Crippen LogP contribution in [0.2, 0.25) is 0 Å². The lowest BCUT2D eigenvalue weighted by atomic mass is 10.4. The Kier molecular flexibility index (Phi) is 4.75. The molecule has 6 nitrogen and oxygen atoms in total. The van der Waals surface area contributed by atoms with Crippen LogP contribution in [-0.4, -0.2) is 31.1 Å². The van der Waals surface area contributed by atoms with Crippen LogP contribution in [0, 0.1) is 0 Å². The number of rotatable bonds is 6. The minimum Gasteiger partial charge on any atom is -0.480 e. The van der Waals surface area contributed by atoms with E-state index in [1.807, 2.05) is 11.5 Å². The molecule has 90 valence electrons. The topological polar surface area (TPSA) is 94.0 Å². The molecule has 1 aromatic rings. The van der Waals surface area contributed by atoms with Crippen molar-refractivity contribution in [1.82, 2.24) is 14.8 Å². The lowest BCUT2D eigenvalue weighted by Gasteiger charge is -2.09. The Labute approximate surface area is 98.2 Å². The molecule has 0 fully saturated rings. The number of nitrogens with zero attached hydrogens (tertiary/aromatic N) is 3. The van der Waals surface area contributed by atoms with E-state index < -0.39 is 11.2 Å². The molecule has 3 N–H and O–H groups in total. The second-order valence-electron chi connectivity index (χ2n) is 3.35. The molecule has 0 amide bonds. The first-order valence-corrected chi connectivity index (χ1v) is 5.99. The van der Waals surface area contributed by atoms with Crippen LogP contribution in [0.3, 0.4) is 0 Å². The number of carboxylic acids is 1. The van der Waals surface area contributed by atoms with E-state index in [4.69, 9.17) is 10.8 Å². The van der Waals surface area contributed by atoms with E-state index in [2.05, 4.69) is 10.2 Å². The van der Waals surface area contributed by atoms with E-state index in [0.717, 1.165) is 13.0 Å². The zero-order valence-corrected chi connectivity index (χ0v) is 10.2. The van der Waals surface area contributed by atoms with Gasteiger partial charge in [-0.05, 0) is 13.3 Å². The van der Waals surface area contributed by atoms with Gasteiger partial charge in [-0.3, -0.25) is 4.79 Å². The Bertz CT molecular complexity index is 366. The van der Waals surface area contributed by atoms with E-state index in [1.54, 1.807) is 6.92 Å². The molecular formula is C9H16N4O2S. The van der Waals surface area contributed by atoms with Crippen LogP contribution >= 0.6 is 11.8 Å². The van der Waals surface area contributed by atoms with Gasteiger partial charge >= 0.3 is 5.97 Å². The number of carboxylic acid groups (broad SMARTS) is 1. The lowest BCUT2D eigenvalue weighted by molar-refractivity contribution is -0.136. The fourth-order valence-corrected chi connectivity index (χ4v) is 2.04. The third-order valence-electron chi connectivity index (χ3n) is 2.05. The largest absolute Gasteiger partial charge is 0.480 e. The van der Waals surface area contributed by atoms with Crippen molar-refractivity contribution < 1.29 is 9.90 Å². The first-order valence-electron chi connectivity index (χ1n) is 5.11. The summed E-state index contributed by atoms with van der Waals surface area (Å²) in [6, 6.07) is 0. The fraction of sp³-hybridized carbons (Fsp3) is 0.667. The summed E-state index contributed by atoms with van der Waals surface area (Å²) in [7, 11) is 0. The van der Waals surface area contributed by atoms with Crippen LogP contribution in [0.5, 0.6) is 0 Å². The molecule has 0 spiro atoms. The van der Waals surface area contributed by atoms with E-state index in [-0.39, 0.29) is 0 Å². The minimum atomic E-state index is -0.856. The highest BCUT2D eigenvalue weighted by atomic mass is 32.2. The molecule has 0 aromatic carbocycles. The van der Waals surface area contributed by atoms with Crippen molar-refractivity contribution in [3.05, 3.63) is 5.82 Å². The predicted molar refractivity (Wildman–Crippen MR) is 61.2 cm³/mol. The summed E-state index contributed by atoms with van der Waals surface area (Å²) in [6.45, 7) is 4.73. The molecule has 7 heteroatoms. The van der Waals surface area contributed by atoms with E-state index in [9.17, 15) is 4.79 Å². The van der Waals surface area contributed by atoms with Crippen LogP contribution in [0.4, 0.5) is 0 Å². The van der Waals surface area contributed by atoms with Gasteiger partial charge in [0.1, 0.15) is 11.1 Å². The van der Waals surface area contributed by atoms with Gasteiger partial charge in [-0.25, -0.2) is 0 Å². The van der Waals surface area contributed by atoms with Gasteiger partial charge < -0.3 is 15.4 Å². The van der Waals surface area contributed by atoms with Crippen molar-refractivity contribution in [3.63, 3.8) is 0 Å². The second kappa shape index (κ2) is 5.86. The van der Waals surface area contributed by atoms with Crippen LogP contribution in [0.25, 0.3) is 0 Å². The summed E-state index contributed by atoms with van der Waals surface area (Å²) >= 11 is 1.19. The maximum Gasteiger partial charge on any atom is 0.316 e. The monoisotopic (exact) mass is 244 g/mol.